The van der Waals surface area contributed by atoms with Gasteiger partial charge >= 0.3 is 6.18 Å². The standard InChI is InChI=1S/C35H35BrF3N3O4S/c1-34(2,3)40-33(44)31(21-25-11-6-4-7-12-25)41(23-26-17-19-28(36)20-18-26)32(43)24-42(47(45,46)30-15-8-5-9-16-30)29-14-10-13-27(22-29)35(37,38)39/h4-20,22,31H,21,23-24H2,1-3H3,(H,40,44)/t31-/m0/s1. The average molecular weight is 731 g/mol. The molecule has 1 N–H and O–H groups in total. The topological polar surface area (TPSA) is 86.8 Å². The maximum absolute atomic E-state index is 14.5. The van der Waals surface area contributed by atoms with Gasteiger partial charge in [-0.2, -0.15) is 13.2 Å². The number of hydrogen-bond acceptors (Lipinski definition) is 4. The summed E-state index contributed by atoms with van der Waals surface area (Å²) in [4.78, 5) is 29.5. The van der Waals surface area contributed by atoms with E-state index in [1.807, 2.05) is 18.2 Å². The van der Waals surface area contributed by atoms with E-state index in [4.69, 9.17) is 0 Å². The number of amides is 2. The Morgan fingerprint density at radius 3 is 1.98 bits per heavy atom. The van der Waals surface area contributed by atoms with E-state index in [1.54, 1.807) is 63.2 Å². The molecule has 4 aromatic carbocycles. The third-order valence-electron chi connectivity index (χ3n) is 7.11. The summed E-state index contributed by atoms with van der Waals surface area (Å²) in [7, 11) is -4.55. The fourth-order valence-electron chi connectivity index (χ4n) is 4.88. The molecule has 4 rings (SSSR count). The van der Waals surface area contributed by atoms with Crippen molar-refractivity contribution in [1.82, 2.24) is 10.2 Å². The molecule has 7 nitrogen and oxygen atoms in total. The van der Waals surface area contributed by atoms with Gasteiger partial charge in [0.2, 0.25) is 11.8 Å². The molecule has 0 aliphatic heterocycles. The van der Waals surface area contributed by atoms with Gasteiger partial charge in [0.15, 0.2) is 0 Å². The van der Waals surface area contributed by atoms with E-state index in [0.29, 0.717) is 15.9 Å². The van der Waals surface area contributed by atoms with Crippen LogP contribution in [0.15, 0.2) is 119 Å². The van der Waals surface area contributed by atoms with Gasteiger partial charge in [-0.15, -0.1) is 0 Å². The summed E-state index contributed by atoms with van der Waals surface area (Å²) in [6.45, 7) is 4.44. The molecule has 47 heavy (non-hydrogen) atoms. The van der Waals surface area contributed by atoms with Gasteiger partial charge in [-0.3, -0.25) is 13.9 Å². The number of nitrogens with zero attached hydrogens (tertiary/aromatic N) is 2. The van der Waals surface area contributed by atoms with Gasteiger partial charge in [-0.05, 0) is 74.4 Å². The van der Waals surface area contributed by atoms with Crippen molar-refractivity contribution in [2.45, 2.75) is 56.4 Å². The zero-order chi connectivity index (χ0) is 34.4. The van der Waals surface area contributed by atoms with Gasteiger partial charge in [0.05, 0.1) is 16.1 Å². The van der Waals surface area contributed by atoms with Crippen molar-refractivity contribution < 1.29 is 31.2 Å². The van der Waals surface area contributed by atoms with Crippen LogP contribution in [0.4, 0.5) is 18.9 Å². The van der Waals surface area contributed by atoms with Crippen LogP contribution in [-0.4, -0.2) is 43.3 Å². The fourth-order valence-corrected chi connectivity index (χ4v) is 6.57. The van der Waals surface area contributed by atoms with E-state index in [1.165, 1.54) is 35.2 Å². The molecule has 12 heteroatoms. The van der Waals surface area contributed by atoms with E-state index >= 15 is 0 Å². The summed E-state index contributed by atoms with van der Waals surface area (Å²) in [6, 6.07) is 26.0. The molecule has 0 aliphatic rings. The van der Waals surface area contributed by atoms with E-state index in [0.717, 1.165) is 22.2 Å². The number of benzene rings is 4. The number of hydrogen-bond donors (Lipinski definition) is 1. The molecule has 0 spiro atoms. The first-order valence-corrected chi connectivity index (χ1v) is 16.9. The number of rotatable bonds is 11. The van der Waals surface area contributed by atoms with Crippen molar-refractivity contribution in [3.05, 3.63) is 130 Å². The molecule has 0 fully saturated rings. The molecule has 0 aliphatic carbocycles. The van der Waals surface area contributed by atoms with Crippen LogP contribution in [0.25, 0.3) is 0 Å². The highest BCUT2D eigenvalue weighted by molar-refractivity contribution is 9.10. The van der Waals surface area contributed by atoms with Crippen LogP contribution in [0.2, 0.25) is 0 Å². The smallest absolute Gasteiger partial charge is 0.350 e. The SMILES string of the molecule is CC(C)(C)NC(=O)[C@H](Cc1ccccc1)N(Cc1ccc(Br)cc1)C(=O)CN(c1cccc(C(F)(F)F)c1)S(=O)(=O)c1ccccc1. The Hall–Kier alpha value is -4.16. The number of alkyl halides is 3. The molecule has 0 radical (unpaired) electrons. The summed E-state index contributed by atoms with van der Waals surface area (Å²) < 4.78 is 70.8. The predicted octanol–water partition coefficient (Wildman–Crippen LogP) is 7.22. The van der Waals surface area contributed by atoms with Crippen LogP contribution in [-0.2, 0) is 38.8 Å². The highest BCUT2D eigenvalue weighted by Crippen LogP contribution is 2.33. The predicted molar refractivity (Wildman–Crippen MR) is 179 cm³/mol. The minimum absolute atomic E-state index is 0.0804. The Labute approximate surface area is 281 Å². The Kier molecular flexibility index (Phi) is 11.2. The van der Waals surface area contributed by atoms with Crippen molar-refractivity contribution in [3.8, 4) is 0 Å². The van der Waals surface area contributed by atoms with E-state index in [-0.39, 0.29) is 23.5 Å². The Balaban J connectivity index is 1.85. The fraction of sp³-hybridized carbons (Fsp3) is 0.257. The van der Waals surface area contributed by atoms with Gasteiger partial charge in [0, 0.05) is 23.0 Å². The molecule has 0 unspecified atom stereocenters. The summed E-state index contributed by atoms with van der Waals surface area (Å²) >= 11 is 3.39. The van der Waals surface area contributed by atoms with Crippen molar-refractivity contribution in [2.24, 2.45) is 0 Å². The number of carbonyl (C=O) groups is 2. The lowest BCUT2D eigenvalue weighted by molar-refractivity contribution is -0.140. The molecule has 4 aromatic rings. The Morgan fingerprint density at radius 2 is 1.40 bits per heavy atom. The minimum Gasteiger partial charge on any atom is -0.350 e. The summed E-state index contributed by atoms with van der Waals surface area (Å²) in [5, 5.41) is 2.94. The van der Waals surface area contributed by atoms with Gasteiger partial charge in [-0.1, -0.05) is 82.7 Å². The quantitative estimate of drug-likeness (QED) is 0.177. The van der Waals surface area contributed by atoms with Gasteiger partial charge in [-0.25, -0.2) is 8.42 Å². The lowest BCUT2D eigenvalue weighted by atomic mass is 10.0. The van der Waals surface area contributed by atoms with Crippen LogP contribution in [0.1, 0.15) is 37.5 Å². The van der Waals surface area contributed by atoms with Gasteiger partial charge in [0.1, 0.15) is 12.6 Å². The zero-order valence-electron chi connectivity index (χ0n) is 26.0. The number of anilines is 1. The molecule has 0 saturated heterocycles. The molecular formula is C35H35BrF3N3O4S. The molecule has 248 valence electrons. The van der Waals surface area contributed by atoms with Crippen LogP contribution in [0.5, 0.6) is 0 Å². The number of nitrogens with one attached hydrogen (secondary N) is 1. The number of sulfonamides is 1. The van der Waals surface area contributed by atoms with E-state index in [9.17, 15) is 31.2 Å². The Bertz CT molecular complexity index is 1780. The third kappa shape index (κ3) is 9.68. The van der Waals surface area contributed by atoms with Gasteiger partial charge < -0.3 is 10.2 Å². The largest absolute Gasteiger partial charge is 0.416 e. The molecule has 2 amide bonds. The Morgan fingerprint density at radius 1 is 0.809 bits per heavy atom. The second-order valence-electron chi connectivity index (χ2n) is 12.0. The van der Waals surface area contributed by atoms with E-state index < -0.39 is 51.7 Å². The second-order valence-corrected chi connectivity index (χ2v) is 14.7. The summed E-state index contributed by atoms with van der Waals surface area (Å²) in [6.07, 6.45) is -4.67. The summed E-state index contributed by atoms with van der Waals surface area (Å²) in [5.41, 5.74) is -0.686. The number of halogens is 4. The van der Waals surface area contributed by atoms with E-state index in [2.05, 4.69) is 21.2 Å². The summed E-state index contributed by atoms with van der Waals surface area (Å²) in [5.74, 6) is -1.25. The highest BCUT2D eigenvalue weighted by atomic mass is 79.9. The first-order valence-electron chi connectivity index (χ1n) is 14.7. The average Bonchev–Trinajstić information content (AvgIpc) is 3.02. The number of carbonyl (C=O) groups excluding carboxylic acids is 2. The molecule has 0 bridgehead atoms. The van der Waals surface area contributed by atoms with Crippen LogP contribution >= 0.6 is 15.9 Å². The first-order chi connectivity index (χ1) is 22.0. The van der Waals surface area contributed by atoms with Crippen LogP contribution < -0.4 is 9.62 Å². The van der Waals surface area contributed by atoms with Crippen LogP contribution in [0.3, 0.4) is 0 Å². The van der Waals surface area contributed by atoms with Crippen molar-refractivity contribution in [2.75, 3.05) is 10.8 Å². The molecular weight excluding hydrogens is 695 g/mol. The monoisotopic (exact) mass is 729 g/mol. The maximum Gasteiger partial charge on any atom is 0.416 e. The van der Waals surface area contributed by atoms with Crippen molar-refractivity contribution in [3.63, 3.8) is 0 Å². The lowest BCUT2D eigenvalue weighted by Crippen LogP contribution is -2.56. The highest BCUT2D eigenvalue weighted by Gasteiger charge is 2.37. The zero-order valence-corrected chi connectivity index (χ0v) is 28.4. The normalized spacial score (nSPS) is 12.7. The second kappa shape index (κ2) is 14.7. The van der Waals surface area contributed by atoms with Gasteiger partial charge in [0.25, 0.3) is 10.0 Å². The molecule has 1 atom stereocenters. The molecule has 0 heterocycles. The molecule has 0 aromatic heterocycles. The maximum atomic E-state index is 14.5. The van der Waals surface area contributed by atoms with Crippen LogP contribution in [0, 0.1) is 0 Å². The third-order valence-corrected chi connectivity index (χ3v) is 9.42. The lowest BCUT2D eigenvalue weighted by Gasteiger charge is -2.35. The molecule has 0 saturated carbocycles. The first kappa shape index (κ1) is 35.7. The van der Waals surface area contributed by atoms with Crippen molar-refractivity contribution >= 4 is 43.5 Å². The minimum atomic E-state index is -4.76. The van der Waals surface area contributed by atoms with Crippen molar-refractivity contribution in [1.29, 1.82) is 0 Å².